The second-order valence-corrected chi connectivity index (χ2v) is 7.17. The van der Waals surface area contributed by atoms with E-state index in [4.69, 9.17) is 14.7 Å². The summed E-state index contributed by atoms with van der Waals surface area (Å²) >= 11 is 0. The van der Waals surface area contributed by atoms with Crippen LogP contribution in [0, 0.1) is 11.3 Å². The third-order valence-corrected chi connectivity index (χ3v) is 5.16. The number of para-hydroxylation sites is 3. The second-order valence-electron chi connectivity index (χ2n) is 7.17. The lowest BCUT2D eigenvalue weighted by molar-refractivity contribution is -0.143. The number of rotatable bonds is 4. The summed E-state index contributed by atoms with van der Waals surface area (Å²) in [6.45, 7) is 2.60. The van der Waals surface area contributed by atoms with Crippen LogP contribution in [-0.4, -0.2) is 67.0 Å². The number of hydrogen-bond acceptors (Lipinski definition) is 6. The van der Waals surface area contributed by atoms with E-state index in [1.54, 1.807) is 35.2 Å². The number of nitrogens with one attached hydrogen (secondary N) is 1. The minimum atomic E-state index is -0.655. The molecule has 2 aliphatic rings. The van der Waals surface area contributed by atoms with Gasteiger partial charge >= 0.3 is 0 Å². The Kier molecular flexibility index (Phi) is 5.82. The van der Waals surface area contributed by atoms with Gasteiger partial charge < -0.3 is 19.7 Å². The molecule has 30 heavy (non-hydrogen) atoms. The first kappa shape index (κ1) is 19.7. The maximum Gasteiger partial charge on any atom is 0.267 e. The predicted molar refractivity (Wildman–Crippen MR) is 109 cm³/mol. The standard InChI is InChI=1S/C22H22N4O4/c23-13-16-5-1-2-6-17(16)24-21(27)14-25-9-11-26(12-10-25)22(28)20-15-29-18-7-3-4-8-19(18)30-20/h1-8,20H,9-12,14-15H2,(H,24,27)/t20-/m0/s1. The molecule has 1 N–H and O–H groups in total. The zero-order chi connectivity index (χ0) is 20.9. The van der Waals surface area contributed by atoms with Crippen LogP contribution in [0.3, 0.4) is 0 Å². The van der Waals surface area contributed by atoms with Gasteiger partial charge in [0, 0.05) is 26.2 Å². The number of piperazine rings is 1. The number of anilines is 1. The first-order valence-electron chi connectivity index (χ1n) is 9.82. The van der Waals surface area contributed by atoms with E-state index < -0.39 is 6.10 Å². The van der Waals surface area contributed by atoms with E-state index >= 15 is 0 Å². The molecule has 2 aromatic rings. The number of carbonyl (C=O) groups excluding carboxylic acids is 2. The number of nitrogens with zero attached hydrogens (tertiary/aromatic N) is 3. The smallest absolute Gasteiger partial charge is 0.267 e. The molecule has 0 spiro atoms. The molecule has 0 aliphatic carbocycles. The van der Waals surface area contributed by atoms with Gasteiger partial charge in [0.2, 0.25) is 12.0 Å². The Morgan fingerprint density at radius 1 is 1.03 bits per heavy atom. The van der Waals surface area contributed by atoms with Gasteiger partial charge in [-0.3, -0.25) is 14.5 Å². The largest absolute Gasteiger partial charge is 0.485 e. The number of hydrogen-bond donors (Lipinski definition) is 1. The number of nitriles is 1. The molecule has 2 aliphatic heterocycles. The lowest BCUT2D eigenvalue weighted by atomic mass is 10.2. The van der Waals surface area contributed by atoms with Crippen molar-refractivity contribution in [2.24, 2.45) is 0 Å². The molecular formula is C22H22N4O4. The first-order valence-corrected chi connectivity index (χ1v) is 9.82. The van der Waals surface area contributed by atoms with Crippen LogP contribution in [0.15, 0.2) is 48.5 Å². The molecule has 2 aromatic carbocycles. The highest BCUT2D eigenvalue weighted by Gasteiger charge is 2.32. The van der Waals surface area contributed by atoms with Crippen LogP contribution in [0.2, 0.25) is 0 Å². The first-order chi connectivity index (χ1) is 14.6. The van der Waals surface area contributed by atoms with Gasteiger partial charge in [-0.2, -0.15) is 5.26 Å². The van der Waals surface area contributed by atoms with Crippen molar-refractivity contribution in [3.63, 3.8) is 0 Å². The fraction of sp³-hybridized carbons (Fsp3) is 0.318. The molecule has 0 bridgehead atoms. The van der Waals surface area contributed by atoms with E-state index in [0.717, 1.165) is 0 Å². The van der Waals surface area contributed by atoms with Crippen molar-refractivity contribution in [2.75, 3.05) is 44.6 Å². The number of ether oxygens (including phenoxy) is 2. The van der Waals surface area contributed by atoms with Gasteiger partial charge in [0.05, 0.1) is 17.8 Å². The van der Waals surface area contributed by atoms with Crippen molar-refractivity contribution < 1.29 is 19.1 Å². The number of fused-ring (bicyclic) bond motifs is 1. The SMILES string of the molecule is N#Cc1ccccc1NC(=O)CN1CCN(C(=O)[C@@H]2COc3ccccc3O2)CC1. The van der Waals surface area contributed by atoms with Crippen molar-refractivity contribution in [2.45, 2.75) is 6.10 Å². The molecule has 1 atom stereocenters. The summed E-state index contributed by atoms with van der Waals surface area (Å²) in [4.78, 5) is 28.9. The lowest BCUT2D eigenvalue weighted by Crippen LogP contribution is -2.54. The van der Waals surface area contributed by atoms with Crippen molar-refractivity contribution in [3.05, 3.63) is 54.1 Å². The van der Waals surface area contributed by atoms with Crippen LogP contribution in [-0.2, 0) is 9.59 Å². The molecular weight excluding hydrogens is 384 g/mol. The number of carbonyl (C=O) groups is 2. The van der Waals surface area contributed by atoms with E-state index in [9.17, 15) is 9.59 Å². The minimum absolute atomic E-state index is 0.100. The molecule has 4 rings (SSSR count). The third-order valence-electron chi connectivity index (χ3n) is 5.16. The Balaban J connectivity index is 1.26. The molecule has 0 radical (unpaired) electrons. The molecule has 0 unspecified atom stereocenters. The minimum Gasteiger partial charge on any atom is -0.485 e. The quantitative estimate of drug-likeness (QED) is 0.827. The maximum atomic E-state index is 12.8. The zero-order valence-corrected chi connectivity index (χ0v) is 16.4. The maximum absolute atomic E-state index is 12.8. The van der Waals surface area contributed by atoms with Crippen molar-refractivity contribution in [1.82, 2.24) is 9.80 Å². The van der Waals surface area contributed by atoms with Crippen LogP contribution in [0.5, 0.6) is 11.5 Å². The van der Waals surface area contributed by atoms with E-state index in [-0.39, 0.29) is 25.0 Å². The molecule has 1 fully saturated rings. The van der Waals surface area contributed by atoms with Crippen LogP contribution in [0.1, 0.15) is 5.56 Å². The fourth-order valence-corrected chi connectivity index (χ4v) is 3.55. The van der Waals surface area contributed by atoms with Gasteiger partial charge in [0.25, 0.3) is 5.91 Å². The Morgan fingerprint density at radius 3 is 2.50 bits per heavy atom. The third kappa shape index (κ3) is 4.36. The highest BCUT2D eigenvalue weighted by molar-refractivity contribution is 5.93. The second kappa shape index (κ2) is 8.84. The van der Waals surface area contributed by atoms with E-state index in [1.807, 2.05) is 23.1 Å². The summed E-state index contributed by atoms with van der Waals surface area (Å²) in [5.74, 6) is 0.945. The Morgan fingerprint density at radius 2 is 1.73 bits per heavy atom. The Hall–Kier alpha value is -3.57. The summed E-state index contributed by atoms with van der Waals surface area (Å²) < 4.78 is 11.4. The zero-order valence-electron chi connectivity index (χ0n) is 16.4. The molecule has 8 heteroatoms. The van der Waals surface area contributed by atoms with Gasteiger partial charge in [-0.15, -0.1) is 0 Å². The van der Waals surface area contributed by atoms with Gasteiger partial charge in [0.1, 0.15) is 12.7 Å². The van der Waals surface area contributed by atoms with E-state index in [0.29, 0.717) is 48.9 Å². The van der Waals surface area contributed by atoms with Crippen LogP contribution < -0.4 is 14.8 Å². The molecule has 8 nitrogen and oxygen atoms in total. The average Bonchev–Trinajstić information content (AvgIpc) is 2.79. The fourth-order valence-electron chi connectivity index (χ4n) is 3.55. The van der Waals surface area contributed by atoms with E-state index in [1.165, 1.54) is 0 Å². The highest BCUT2D eigenvalue weighted by atomic mass is 16.6. The van der Waals surface area contributed by atoms with Gasteiger partial charge in [-0.25, -0.2) is 0 Å². The lowest BCUT2D eigenvalue weighted by Gasteiger charge is -2.36. The van der Waals surface area contributed by atoms with Crippen LogP contribution in [0.4, 0.5) is 5.69 Å². The number of amides is 2. The van der Waals surface area contributed by atoms with Gasteiger partial charge in [0.15, 0.2) is 11.5 Å². The van der Waals surface area contributed by atoms with Crippen LogP contribution in [0.25, 0.3) is 0 Å². The normalized spacial score (nSPS) is 18.4. The molecule has 0 aromatic heterocycles. The average molecular weight is 406 g/mol. The van der Waals surface area contributed by atoms with Gasteiger partial charge in [-0.05, 0) is 24.3 Å². The summed E-state index contributed by atoms with van der Waals surface area (Å²) in [5, 5.41) is 11.9. The predicted octanol–water partition coefficient (Wildman–Crippen LogP) is 1.48. The Bertz CT molecular complexity index is 979. The molecule has 0 saturated carbocycles. The van der Waals surface area contributed by atoms with Crippen molar-refractivity contribution in [1.29, 1.82) is 5.26 Å². The molecule has 1 saturated heterocycles. The summed E-state index contributed by atoms with van der Waals surface area (Å²) in [5.41, 5.74) is 0.936. The summed E-state index contributed by atoms with van der Waals surface area (Å²) in [6.07, 6.45) is -0.655. The Labute approximate surface area is 174 Å². The topological polar surface area (TPSA) is 94.9 Å². The molecule has 154 valence electrons. The van der Waals surface area contributed by atoms with E-state index in [2.05, 4.69) is 11.4 Å². The highest BCUT2D eigenvalue weighted by Crippen LogP contribution is 2.31. The van der Waals surface area contributed by atoms with Crippen molar-refractivity contribution in [3.8, 4) is 17.6 Å². The number of benzene rings is 2. The summed E-state index contributed by atoms with van der Waals surface area (Å²) in [6, 6.07) is 16.3. The van der Waals surface area contributed by atoms with Crippen LogP contribution >= 0.6 is 0 Å². The van der Waals surface area contributed by atoms with Crippen molar-refractivity contribution >= 4 is 17.5 Å². The monoisotopic (exact) mass is 406 g/mol. The molecule has 2 heterocycles. The van der Waals surface area contributed by atoms with Gasteiger partial charge in [-0.1, -0.05) is 24.3 Å². The summed E-state index contributed by atoms with van der Waals surface area (Å²) in [7, 11) is 0. The molecule has 2 amide bonds.